The van der Waals surface area contributed by atoms with E-state index < -0.39 is 0 Å². The molecular formula is C22H16FN3S. The van der Waals surface area contributed by atoms with E-state index in [9.17, 15) is 4.39 Å². The summed E-state index contributed by atoms with van der Waals surface area (Å²) >= 11 is 1.50. The van der Waals surface area contributed by atoms with Gasteiger partial charge < -0.3 is 0 Å². The Balaban J connectivity index is 1.52. The minimum Gasteiger partial charge on any atom is -0.253 e. The van der Waals surface area contributed by atoms with E-state index in [-0.39, 0.29) is 5.82 Å². The third kappa shape index (κ3) is 4.10. The van der Waals surface area contributed by atoms with E-state index in [2.05, 4.69) is 15.5 Å². The zero-order chi connectivity index (χ0) is 18.5. The summed E-state index contributed by atoms with van der Waals surface area (Å²) in [6.07, 6.45) is 1.73. The number of thiazole rings is 1. The van der Waals surface area contributed by atoms with Crippen molar-refractivity contribution >= 4 is 22.7 Å². The second-order valence-corrected chi connectivity index (χ2v) is 6.73. The lowest BCUT2D eigenvalue weighted by molar-refractivity contribution is 0.628. The van der Waals surface area contributed by atoms with Gasteiger partial charge >= 0.3 is 0 Å². The molecule has 1 heterocycles. The second-order valence-electron chi connectivity index (χ2n) is 5.87. The summed E-state index contributed by atoms with van der Waals surface area (Å²) < 4.78 is 13.5. The van der Waals surface area contributed by atoms with Crippen LogP contribution in [0.4, 0.5) is 9.52 Å². The van der Waals surface area contributed by atoms with Gasteiger partial charge in [-0.2, -0.15) is 5.10 Å². The molecule has 0 atom stereocenters. The second kappa shape index (κ2) is 7.93. The summed E-state index contributed by atoms with van der Waals surface area (Å²) in [4.78, 5) is 4.55. The van der Waals surface area contributed by atoms with Crippen LogP contribution in [-0.2, 0) is 0 Å². The van der Waals surface area contributed by atoms with Crippen LogP contribution in [0.25, 0.3) is 22.4 Å². The van der Waals surface area contributed by atoms with Gasteiger partial charge in [-0.3, -0.25) is 5.43 Å². The Hall–Kier alpha value is -3.31. The molecule has 27 heavy (non-hydrogen) atoms. The Morgan fingerprint density at radius 1 is 0.889 bits per heavy atom. The van der Waals surface area contributed by atoms with Crippen molar-refractivity contribution in [2.24, 2.45) is 5.10 Å². The lowest BCUT2D eigenvalue weighted by atomic mass is 10.0. The molecule has 1 aromatic heterocycles. The summed E-state index contributed by atoms with van der Waals surface area (Å²) in [5, 5.41) is 7.02. The lowest BCUT2D eigenvalue weighted by Crippen LogP contribution is -1.93. The summed E-state index contributed by atoms with van der Waals surface area (Å²) in [5.41, 5.74) is 7.60. The van der Waals surface area contributed by atoms with E-state index in [4.69, 9.17) is 0 Å². The molecule has 0 aliphatic carbocycles. The monoisotopic (exact) mass is 373 g/mol. The van der Waals surface area contributed by atoms with E-state index in [0.29, 0.717) is 5.13 Å². The number of aromatic nitrogens is 1. The third-order valence-electron chi connectivity index (χ3n) is 4.03. The van der Waals surface area contributed by atoms with Gasteiger partial charge in [-0.05, 0) is 23.3 Å². The van der Waals surface area contributed by atoms with Crippen LogP contribution in [0.3, 0.4) is 0 Å². The van der Waals surface area contributed by atoms with Crippen molar-refractivity contribution in [1.82, 2.24) is 4.98 Å². The van der Waals surface area contributed by atoms with Gasteiger partial charge in [-0.1, -0.05) is 66.7 Å². The molecule has 0 unspecified atom stereocenters. The van der Waals surface area contributed by atoms with Crippen molar-refractivity contribution in [2.45, 2.75) is 0 Å². The molecule has 0 saturated heterocycles. The molecule has 0 amide bonds. The number of halogens is 1. The Morgan fingerprint density at radius 3 is 2.52 bits per heavy atom. The van der Waals surface area contributed by atoms with E-state index in [1.54, 1.807) is 12.3 Å². The first-order valence-electron chi connectivity index (χ1n) is 8.44. The molecule has 5 heteroatoms. The first kappa shape index (κ1) is 17.1. The average molecular weight is 373 g/mol. The highest BCUT2D eigenvalue weighted by Crippen LogP contribution is 2.25. The molecule has 0 aliphatic heterocycles. The molecule has 0 bridgehead atoms. The van der Waals surface area contributed by atoms with E-state index in [1.807, 2.05) is 66.0 Å². The van der Waals surface area contributed by atoms with Gasteiger partial charge in [0.05, 0.1) is 11.9 Å². The Morgan fingerprint density at radius 2 is 1.67 bits per heavy atom. The van der Waals surface area contributed by atoms with Crippen LogP contribution in [-0.4, -0.2) is 11.2 Å². The first-order valence-corrected chi connectivity index (χ1v) is 9.32. The van der Waals surface area contributed by atoms with Crippen LogP contribution >= 0.6 is 11.3 Å². The zero-order valence-corrected chi connectivity index (χ0v) is 15.2. The van der Waals surface area contributed by atoms with Crippen molar-refractivity contribution < 1.29 is 4.39 Å². The van der Waals surface area contributed by atoms with Gasteiger partial charge in [0.25, 0.3) is 0 Å². The fraction of sp³-hybridized carbons (Fsp3) is 0. The Kier molecular flexibility index (Phi) is 5.03. The van der Waals surface area contributed by atoms with Gasteiger partial charge in [0.1, 0.15) is 5.82 Å². The molecule has 132 valence electrons. The topological polar surface area (TPSA) is 37.3 Å². The summed E-state index contributed by atoms with van der Waals surface area (Å²) in [6, 6.07) is 24.3. The molecule has 0 aliphatic rings. The number of hydrazone groups is 1. The fourth-order valence-electron chi connectivity index (χ4n) is 2.75. The average Bonchev–Trinajstić information content (AvgIpc) is 3.18. The van der Waals surface area contributed by atoms with Crippen LogP contribution in [0.2, 0.25) is 0 Å². The van der Waals surface area contributed by atoms with Crippen molar-refractivity contribution in [2.75, 3.05) is 5.43 Å². The number of benzene rings is 3. The largest absolute Gasteiger partial charge is 0.253 e. The number of anilines is 1. The van der Waals surface area contributed by atoms with E-state index in [0.717, 1.165) is 27.9 Å². The van der Waals surface area contributed by atoms with Gasteiger partial charge in [0.15, 0.2) is 0 Å². The van der Waals surface area contributed by atoms with Gasteiger partial charge in [0, 0.05) is 16.5 Å². The minimum absolute atomic E-state index is 0.256. The summed E-state index contributed by atoms with van der Waals surface area (Å²) in [6.45, 7) is 0. The van der Waals surface area contributed by atoms with Crippen LogP contribution < -0.4 is 5.43 Å². The van der Waals surface area contributed by atoms with E-state index in [1.165, 1.54) is 23.5 Å². The molecule has 0 fully saturated rings. The number of nitrogens with one attached hydrogen (secondary N) is 1. The van der Waals surface area contributed by atoms with Crippen molar-refractivity contribution in [3.8, 4) is 22.4 Å². The number of nitrogens with zero attached hydrogens (tertiary/aromatic N) is 2. The number of hydrogen-bond acceptors (Lipinski definition) is 4. The first-order chi connectivity index (χ1) is 13.3. The van der Waals surface area contributed by atoms with Gasteiger partial charge in [-0.25, -0.2) is 9.37 Å². The molecule has 4 aromatic rings. The maximum absolute atomic E-state index is 13.5. The molecule has 3 nitrogen and oxygen atoms in total. The van der Waals surface area contributed by atoms with Crippen LogP contribution in [0.15, 0.2) is 89.3 Å². The van der Waals surface area contributed by atoms with Gasteiger partial charge in [0.2, 0.25) is 5.13 Å². The Bertz CT molecular complexity index is 1070. The highest BCUT2D eigenvalue weighted by molar-refractivity contribution is 7.14. The quantitative estimate of drug-likeness (QED) is 0.341. The molecule has 4 rings (SSSR count). The minimum atomic E-state index is -0.256. The normalized spacial score (nSPS) is 11.0. The zero-order valence-electron chi connectivity index (χ0n) is 14.3. The number of rotatable bonds is 5. The predicted molar refractivity (Wildman–Crippen MR) is 111 cm³/mol. The van der Waals surface area contributed by atoms with E-state index >= 15 is 0 Å². The fourth-order valence-corrected chi connectivity index (χ4v) is 3.42. The maximum Gasteiger partial charge on any atom is 0.203 e. The predicted octanol–water partition coefficient (Wildman–Crippen LogP) is 6.06. The highest BCUT2D eigenvalue weighted by atomic mass is 32.1. The smallest absolute Gasteiger partial charge is 0.203 e. The molecule has 3 aromatic carbocycles. The highest BCUT2D eigenvalue weighted by Gasteiger charge is 2.05. The van der Waals surface area contributed by atoms with Crippen molar-refractivity contribution in [3.63, 3.8) is 0 Å². The molecule has 0 spiro atoms. The van der Waals surface area contributed by atoms with Crippen molar-refractivity contribution in [1.29, 1.82) is 0 Å². The van der Waals surface area contributed by atoms with Crippen molar-refractivity contribution in [3.05, 3.63) is 95.6 Å². The van der Waals surface area contributed by atoms with Crippen LogP contribution in [0, 0.1) is 5.82 Å². The Labute approximate surface area is 160 Å². The SMILES string of the molecule is Fc1cccc(-c2ccccc2C=NNc2nc(-c3ccccc3)cs2)c1. The van der Waals surface area contributed by atoms with Crippen LogP contribution in [0.1, 0.15) is 5.56 Å². The maximum atomic E-state index is 13.5. The summed E-state index contributed by atoms with van der Waals surface area (Å²) in [5.74, 6) is -0.256. The summed E-state index contributed by atoms with van der Waals surface area (Å²) in [7, 11) is 0. The van der Waals surface area contributed by atoms with Gasteiger partial charge in [-0.15, -0.1) is 11.3 Å². The lowest BCUT2D eigenvalue weighted by Gasteiger charge is -2.06. The standard InChI is InChI=1S/C22H16FN3S/c23-19-11-6-10-17(13-19)20-12-5-4-9-18(20)14-24-26-22-25-21(15-27-22)16-7-2-1-3-8-16/h1-15H,(H,25,26). The number of hydrogen-bond donors (Lipinski definition) is 1. The molecular weight excluding hydrogens is 357 g/mol. The molecule has 1 N–H and O–H groups in total. The molecule has 0 saturated carbocycles. The molecule has 0 radical (unpaired) electrons. The van der Waals surface area contributed by atoms with Crippen LogP contribution in [0.5, 0.6) is 0 Å². The third-order valence-corrected chi connectivity index (χ3v) is 4.78.